The number of esters is 2. The van der Waals surface area contributed by atoms with E-state index in [2.05, 4.69) is 5.32 Å². The van der Waals surface area contributed by atoms with Crippen LogP contribution >= 0.6 is 0 Å². The molecule has 8 nitrogen and oxygen atoms in total. The van der Waals surface area contributed by atoms with E-state index in [-0.39, 0.29) is 35.5 Å². The van der Waals surface area contributed by atoms with Gasteiger partial charge in [-0.3, -0.25) is 9.59 Å². The molecule has 0 saturated heterocycles. The van der Waals surface area contributed by atoms with E-state index in [0.29, 0.717) is 12.8 Å². The Bertz CT molecular complexity index is 752. The smallest absolute Gasteiger partial charge is 0.528 e. The minimum Gasteiger partial charge on any atom is -0.535 e. The molecular formula is C20H28BNO7. The van der Waals surface area contributed by atoms with Gasteiger partial charge < -0.3 is 24.5 Å². The number of benzene rings is 1. The second-order valence-electron chi connectivity index (χ2n) is 7.39. The summed E-state index contributed by atoms with van der Waals surface area (Å²) in [4.78, 5) is 35.8. The van der Waals surface area contributed by atoms with Crippen LogP contribution in [0.2, 0.25) is 5.82 Å². The zero-order valence-corrected chi connectivity index (χ0v) is 17.3. The van der Waals surface area contributed by atoms with E-state index >= 15 is 0 Å². The van der Waals surface area contributed by atoms with Crippen molar-refractivity contribution in [2.24, 2.45) is 5.92 Å². The molecule has 1 heterocycles. The number of nitrogens with one attached hydrogen (secondary N) is 1. The average molecular weight is 405 g/mol. The van der Waals surface area contributed by atoms with Gasteiger partial charge in [0.1, 0.15) is 11.3 Å². The first-order valence-electron chi connectivity index (χ1n) is 9.87. The van der Waals surface area contributed by atoms with Crippen molar-refractivity contribution < 1.29 is 33.5 Å². The number of hydrogen-bond donors (Lipinski definition) is 2. The number of para-hydroxylation sites is 1. The summed E-state index contributed by atoms with van der Waals surface area (Å²) in [5.41, 5.74) is 0.869. The molecule has 0 aromatic heterocycles. The van der Waals surface area contributed by atoms with E-state index in [1.54, 1.807) is 26.0 Å². The molecule has 158 valence electrons. The van der Waals surface area contributed by atoms with Gasteiger partial charge in [-0.25, -0.2) is 4.79 Å². The molecule has 0 bridgehead atoms. The Morgan fingerprint density at radius 1 is 1.28 bits per heavy atom. The van der Waals surface area contributed by atoms with Crippen LogP contribution in [-0.4, -0.2) is 42.8 Å². The van der Waals surface area contributed by atoms with Crippen molar-refractivity contribution in [1.29, 1.82) is 0 Å². The number of carbonyl (C=O) groups excluding carboxylic acids is 3. The van der Waals surface area contributed by atoms with E-state index in [0.717, 1.165) is 12.0 Å². The van der Waals surface area contributed by atoms with Gasteiger partial charge in [-0.15, -0.1) is 0 Å². The number of ether oxygens (including phenoxy) is 2. The Morgan fingerprint density at radius 3 is 2.66 bits per heavy atom. The zero-order chi connectivity index (χ0) is 21.6. The molecule has 0 fully saturated rings. The van der Waals surface area contributed by atoms with Crippen molar-refractivity contribution in [2.45, 2.75) is 59.1 Å². The number of carbonyl (C=O) groups is 3. The van der Waals surface area contributed by atoms with Crippen molar-refractivity contribution in [3.8, 4) is 5.75 Å². The lowest BCUT2D eigenvalue weighted by Gasteiger charge is -2.29. The topological polar surface area (TPSA) is 111 Å². The van der Waals surface area contributed by atoms with Crippen LogP contribution in [0.15, 0.2) is 18.2 Å². The van der Waals surface area contributed by atoms with Crippen LogP contribution in [-0.2, 0) is 25.5 Å². The van der Waals surface area contributed by atoms with Crippen LogP contribution in [0.5, 0.6) is 5.75 Å². The molecule has 1 aliphatic heterocycles. The quantitative estimate of drug-likeness (QED) is 0.387. The highest BCUT2D eigenvalue weighted by Gasteiger charge is 2.37. The summed E-state index contributed by atoms with van der Waals surface area (Å²) < 4.78 is 15.8. The third-order valence-electron chi connectivity index (χ3n) is 4.51. The van der Waals surface area contributed by atoms with Gasteiger partial charge in [0.2, 0.25) is 12.2 Å². The molecule has 0 aliphatic carbocycles. The summed E-state index contributed by atoms with van der Waals surface area (Å²) in [6, 6.07) is 5.00. The minimum absolute atomic E-state index is 0.0762. The zero-order valence-electron chi connectivity index (χ0n) is 17.3. The summed E-state index contributed by atoms with van der Waals surface area (Å²) in [5, 5.41) is 13.1. The molecule has 9 heteroatoms. The Hall–Kier alpha value is -2.55. The lowest BCUT2D eigenvalue weighted by Crippen LogP contribution is -2.41. The lowest BCUT2D eigenvalue weighted by atomic mass is 9.66. The lowest BCUT2D eigenvalue weighted by molar-refractivity contribution is -0.169. The first-order chi connectivity index (χ1) is 13.7. The first kappa shape index (κ1) is 22.7. The normalized spacial score (nSPS) is 16.5. The SMILES string of the molecule is CCCC(=O)NCC1Cc2cccc(C(=O)OC(C)OC(=O)C(C)C)c2OB1O. The van der Waals surface area contributed by atoms with Gasteiger partial charge in [-0.1, -0.05) is 32.9 Å². The molecular weight excluding hydrogens is 377 g/mol. The van der Waals surface area contributed by atoms with Crippen LogP contribution in [0.3, 0.4) is 0 Å². The van der Waals surface area contributed by atoms with Gasteiger partial charge in [0.15, 0.2) is 0 Å². The fraction of sp³-hybridized carbons (Fsp3) is 0.550. The standard InChI is InChI=1S/C20H28BNO7/c1-5-7-17(23)22-11-15-10-14-8-6-9-16(18(14)29-21(15)26)20(25)28-13(4)27-19(24)12(2)3/h6,8-9,12-13,15,26H,5,7,10-11H2,1-4H3,(H,22,23). The number of rotatable bonds is 8. The van der Waals surface area contributed by atoms with Crippen molar-refractivity contribution in [1.82, 2.24) is 5.32 Å². The van der Waals surface area contributed by atoms with Gasteiger partial charge in [-0.05, 0) is 24.5 Å². The van der Waals surface area contributed by atoms with E-state index in [9.17, 15) is 19.4 Å². The maximum atomic E-state index is 12.5. The molecule has 0 spiro atoms. The Morgan fingerprint density at radius 2 is 2.00 bits per heavy atom. The third kappa shape index (κ3) is 6.22. The maximum absolute atomic E-state index is 12.5. The summed E-state index contributed by atoms with van der Waals surface area (Å²) in [6.45, 7) is 7.01. The number of fused-ring (bicyclic) bond motifs is 1. The molecule has 0 saturated carbocycles. The Labute approximate surface area is 171 Å². The van der Waals surface area contributed by atoms with Crippen molar-refractivity contribution in [3.05, 3.63) is 29.3 Å². The second kappa shape index (κ2) is 10.3. The highest BCUT2D eigenvalue weighted by molar-refractivity contribution is 6.46. The van der Waals surface area contributed by atoms with Gasteiger partial charge in [-0.2, -0.15) is 0 Å². The summed E-state index contributed by atoms with van der Waals surface area (Å²) in [6.07, 6.45) is 0.551. The molecule has 2 N–H and O–H groups in total. The average Bonchev–Trinajstić information content (AvgIpc) is 2.65. The summed E-state index contributed by atoms with van der Waals surface area (Å²) in [5.74, 6) is -1.70. The van der Waals surface area contributed by atoms with Crippen molar-refractivity contribution >= 4 is 25.0 Å². The minimum atomic E-state index is -1.17. The fourth-order valence-electron chi connectivity index (χ4n) is 2.92. The van der Waals surface area contributed by atoms with Gasteiger partial charge in [0.25, 0.3) is 0 Å². The monoisotopic (exact) mass is 405 g/mol. The predicted octanol–water partition coefficient (Wildman–Crippen LogP) is 2.09. The van der Waals surface area contributed by atoms with E-state index < -0.39 is 25.3 Å². The molecule has 1 aromatic rings. The summed E-state index contributed by atoms with van der Waals surface area (Å²) >= 11 is 0. The number of hydrogen-bond acceptors (Lipinski definition) is 7. The van der Waals surface area contributed by atoms with Gasteiger partial charge >= 0.3 is 19.1 Å². The molecule has 0 radical (unpaired) electrons. The predicted molar refractivity (Wildman–Crippen MR) is 106 cm³/mol. The van der Waals surface area contributed by atoms with Crippen molar-refractivity contribution in [3.63, 3.8) is 0 Å². The molecule has 2 rings (SSSR count). The van der Waals surface area contributed by atoms with E-state index in [1.165, 1.54) is 13.0 Å². The molecule has 2 unspecified atom stereocenters. The third-order valence-corrected chi connectivity index (χ3v) is 4.51. The molecule has 1 aliphatic rings. The van der Waals surface area contributed by atoms with E-state index in [4.69, 9.17) is 14.1 Å². The highest BCUT2D eigenvalue weighted by Crippen LogP contribution is 2.35. The Kier molecular flexibility index (Phi) is 8.07. The van der Waals surface area contributed by atoms with Gasteiger partial charge in [0, 0.05) is 25.7 Å². The fourth-order valence-corrected chi connectivity index (χ4v) is 2.92. The second-order valence-corrected chi connectivity index (χ2v) is 7.39. The largest absolute Gasteiger partial charge is 0.535 e. The Balaban J connectivity index is 2.05. The molecule has 29 heavy (non-hydrogen) atoms. The van der Waals surface area contributed by atoms with E-state index in [1.807, 2.05) is 6.92 Å². The van der Waals surface area contributed by atoms with Crippen LogP contribution in [0, 0.1) is 5.92 Å². The highest BCUT2D eigenvalue weighted by atomic mass is 16.7. The maximum Gasteiger partial charge on any atom is 0.528 e. The first-order valence-corrected chi connectivity index (χ1v) is 9.87. The molecule has 2 atom stereocenters. The number of amides is 1. The molecule has 1 aromatic carbocycles. The van der Waals surface area contributed by atoms with Crippen LogP contribution in [0.25, 0.3) is 0 Å². The van der Waals surface area contributed by atoms with Crippen LogP contribution in [0.1, 0.15) is 56.5 Å². The summed E-state index contributed by atoms with van der Waals surface area (Å²) in [7, 11) is -1.17. The molecule has 1 amide bonds. The van der Waals surface area contributed by atoms with Crippen molar-refractivity contribution in [2.75, 3.05) is 6.54 Å². The van der Waals surface area contributed by atoms with Crippen LogP contribution in [0.4, 0.5) is 0 Å². The van der Waals surface area contributed by atoms with Crippen LogP contribution < -0.4 is 9.97 Å². The van der Waals surface area contributed by atoms with Gasteiger partial charge in [0.05, 0.1) is 5.92 Å².